The Morgan fingerprint density at radius 1 is 1.40 bits per heavy atom. The fourth-order valence-corrected chi connectivity index (χ4v) is 3.67. The lowest BCUT2D eigenvalue weighted by Crippen LogP contribution is -2.34. The summed E-state index contributed by atoms with van der Waals surface area (Å²) in [5.41, 5.74) is 0.149. The van der Waals surface area contributed by atoms with Gasteiger partial charge in [-0.25, -0.2) is 4.79 Å². The molecule has 1 aliphatic heterocycles. The summed E-state index contributed by atoms with van der Waals surface area (Å²) < 4.78 is 10.4. The zero-order valence-electron chi connectivity index (χ0n) is 13.1. The lowest BCUT2D eigenvalue weighted by Gasteiger charge is -2.14. The number of cyclic esters (lactones) is 1. The summed E-state index contributed by atoms with van der Waals surface area (Å²) in [4.78, 5) is 25.9. The van der Waals surface area contributed by atoms with Crippen LogP contribution in [0.2, 0.25) is 10.0 Å². The van der Waals surface area contributed by atoms with E-state index in [1.54, 1.807) is 6.07 Å². The molecule has 1 aromatic carbocycles. The molecule has 1 aliphatic rings. The first kappa shape index (κ1) is 17.8. The maximum Gasteiger partial charge on any atom is 0.415 e. The Kier molecular flexibility index (Phi) is 5.36. The highest BCUT2D eigenvalue weighted by Gasteiger charge is 2.33. The molecule has 0 saturated carbocycles. The first-order chi connectivity index (χ1) is 12.0. The summed E-state index contributed by atoms with van der Waals surface area (Å²) in [6.07, 6.45) is -0.887. The van der Waals surface area contributed by atoms with E-state index in [4.69, 9.17) is 32.7 Å². The Labute approximate surface area is 158 Å². The predicted molar refractivity (Wildman–Crippen MR) is 97.3 cm³/mol. The summed E-state index contributed by atoms with van der Waals surface area (Å²) in [5.74, 6) is -0.245. The average molecular weight is 401 g/mol. The van der Waals surface area contributed by atoms with Gasteiger partial charge in [0.05, 0.1) is 30.2 Å². The van der Waals surface area contributed by atoms with Crippen molar-refractivity contribution in [3.63, 3.8) is 0 Å². The van der Waals surface area contributed by atoms with E-state index in [-0.39, 0.29) is 27.9 Å². The van der Waals surface area contributed by atoms with Crippen molar-refractivity contribution in [1.29, 1.82) is 0 Å². The standard InChI is InChI=1S/C16H14Cl2N2O4S/c1-23-14-11(18)5-4-10(17)13(14)15(21)19-7-9-8-20(16(22)24-9)12-3-2-6-25-12/h2-6,9H,7-8H2,1H3,(H,19,21). The van der Waals surface area contributed by atoms with Crippen molar-refractivity contribution >= 4 is 51.5 Å². The Morgan fingerprint density at radius 2 is 2.16 bits per heavy atom. The Hall–Kier alpha value is -1.96. The number of hydrogen-bond acceptors (Lipinski definition) is 5. The van der Waals surface area contributed by atoms with E-state index in [0.717, 1.165) is 5.00 Å². The van der Waals surface area contributed by atoms with Crippen LogP contribution in [0.25, 0.3) is 0 Å². The molecule has 3 rings (SSSR count). The van der Waals surface area contributed by atoms with Crippen LogP contribution in [0.1, 0.15) is 10.4 Å². The van der Waals surface area contributed by atoms with Crippen LogP contribution in [0, 0.1) is 0 Å². The summed E-state index contributed by atoms with van der Waals surface area (Å²) in [6, 6.07) is 6.77. The highest BCUT2D eigenvalue weighted by Crippen LogP contribution is 2.33. The SMILES string of the molecule is COc1c(Cl)ccc(Cl)c1C(=O)NCC1CN(c2cccs2)C(=O)O1. The molecule has 132 valence electrons. The average Bonchev–Trinajstić information content (AvgIpc) is 3.23. The van der Waals surface area contributed by atoms with Crippen LogP contribution in [0.4, 0.5) is 9.80 Å². The Bertz CT molecular complexity index is 798. The molecule has 1 aromatic heterocycles. The molecule has 9 heteroatoms. The first-order valence-corrected chi connectivity index (χ1v) is 8.96. The number of anilines is 1. The van der Waals surface area contributed by atoms with Gasteiger partial charge in [0.15, 0.2) is 5.75 Å². The van der Waals surface area contributed by atoms with E-state index in [1.165, 1.54) is 29.4 Å². The third-order valence-corrected chi connectivity index (χ3v) is 5.13. The van der Waals surface area contributed by atoms with Gasteiger partial charge in [-0.3, -0.25) is 9.69 Å². The Balaban J connectivity index is 1.66. The predicted octanol–water partition coefficient (Wildman–Crippen LogP) is 3.82. The number of methoxy groups -OCH3 is 1. The largest absolute Gasteiger partial charge is 0.494 e. The maximum absolute atomic E-state index is 12.5. The number of amides is 2. The molecule has 0 radical (unpaired) electrons. The first-order valence-electron chi connectivity index (χ1n) is 7.33. The van der Waals surface area contributed by atoms with Crippen LogP contribution in [0.3, 0.4) is 0 Å². The van der Waals surface area contributed by atoms with Gasteiger partial charge in [-0.1, -0.05) is 23.2 Å². The van der Waals surface area contributed by atoms with Crippen molar-refractivity contribution in [1.82, 2.24) is 5.32 Å². The van der Waals surface area contributed by atoms with E-state index in [9.17, 15) is 9.59 Å². The lowest BCUT2D eigenvalue weighted by atomic mass is 10.1. The number of thiophene rings is 1. The topological polar surface area (TPSA) is 67.9 Å². The van der Waals surface area contributed by atoms with Crippen molar-refractivity contribution in [3.05, 3.63) is 45.3 Å². The van der Waals surface area contributed by atoms with Gasteiger partial charge in [-0.15, -0.1) is 11.3 Å². The quantitative estimate of drug-likeness (QED) is 0.827. The van der Waals surface area contributed by atoms with E-state index in [2.05, 4.69) is 5.32 Å². The number of rotatable bonds is 5. The number of nitrogens with one attached hydrogen (secondary N) is 1. The molecular weight excluding hydrogens is 387 g/mol. The van der Waals surface area contributed by atoms with E-state index in [0.29, 0.717) is 6.54 Å². The number of hydrogen-bond donors (Lipinski definition) is 1. The minimum atomic E-state index is -0.456. The molecule has 1 N–H and O–H groups in total. The third kappa shape index (κ3) is 3.68. The van der Waals surface area contributed by atoms with Crippen molar-refractivity contribution in [2.75, 3.05) is 25.1 Å². The van der Waals surface area contributed by atoms with Crippen LogP contribution < -0.4 is 15.0 Å². The van der Waals surface area contributed by atoms with Crippen LogP contribution in [-0.4, -0.2) is 38.3 Å². The molecule has 1 atom stereocenters. The maximum atomic E-state index is 12.5. The van der Waals surface area contributed by atoms with Crippen LogP contribution in [0.5, 0.6) is 5.75 Å². The van der Waals surface area contributed by atoms with Gasteiger partial charge >= 0.3 is 6.09 Å². The van der Waals surface area contributed by atoms with Crippen molar-refractivity contribution in [2.24, 2.45) is 0 Å². The minimum absolute atomic E-state index is 0.149. The van der Waals surface area contributed by atoms with E-state index < -0.39 is 18.1 Å². The van der Waals surface area contributed by atoms with Crippen molar-refractivity contribution in [3.8, 4) is 5.75 Å². The molecule has 1 fully saturated rings. The minimum Gasteiger partial charge on any atom is -0.494 e. The number of carbonyl (C=O) groups excluding carboxylic acids is 2. The molecule has 25 heavy (non-hydrogen) atoms. The molecule has 0 bridgehead atoms. The molecule has 2 aromatic rings. The summed E-state index contributed by atoms with van der Waals surface area (Å²) in [7, 11) is 1.41. The fourth-order valence-electron chi connectivity index (χ4n) is 2.47. The van der Waals surface area contributed by atoms with Crippen molar-refractivity contribution in [2.45, 2.75) is 6.10 Å². The molecule has 0 spiro atoms. The van der Waals surface area contributed by atoms with Gasteiger partial charge < -0.3 is 14.8 Å². The summed E-state index contributed by atoms with van der Waals surface area (Å²) >= 11 is 13.6. The molecule has 2 amide bonds. The zero-order valence-corrected chi connectivity index (χ0v) is 15.5. The second-order valence-electron chi connectivity index (χ2n) is 5.22. The number of nitrogens with zero attached hydrogens (tertiary/aromatic N) is 1. The number of halogens is 2. The number of benzene rings is 1. The molecule has 6 nitrogen and oxygen atoms in total. The third-order valence-electron chi connectivity index (χ3n) is 3.63. The van der Waals surface area contributed by atoms with Gasteiger partial charge in [-0.2, -0.15) is 0 Å². The van der Waals surface area contributed by atoms with Gasteiger partial charge in [0.1, 0.15) is 16.7 Å². The van der Waals surface area contributed by atoms with Crippen LogP contribution in [0.15, 0.2) is 29.6 Å². The van der Waals surface area contributed by atoms with Gasteiger partial charge in [-0.05, 0) is 29.6 Å². The second kappa shape index (κ2) is 7.51. The highest BCUT2D eigenvalue weighted by atomic mass is 35.5. The zero-order chi connectivity index (χ0) is 18.0. The summed E-state index contributed by atoms with van der Waals surface area (Å²) in [6.45, 7) is 0.512. The fraction of sp³-hybridized carbons (Fsp3) is 0.250. The van der Waals surface area contributed by atoms with E-state index in [1.807, 2.05) is 17.5 Å². The molecular formula is C16H14Cl2N2O4S. The Morgan fingerprint density at radius 3 is 2.84 bits per heavy atom. The number of carbonyl (C=O) groups is 2. The van der Waals surface area contributed by atoms with Gasteiger partial charge in [0.2, 0.25) is 0 Å². The van der Waals surface area contributed by atoms with Gasteiger partial charge in [0, 0.05) is 0 Å². The van der Waals surface area contributed by atoms with Crippen LogP contribution in [-0.2, 0) is 4.74 Å². The highest BCUT2D eigenvalue weighted by molar-refractivity contribution is 7.14. The second-order valence-corrected chi connectivity index (χ2v) is 6.96. The van der Waals surface area contributed by atoms with E-state index >= 15 is 0 Å². The molecule has 1 saturated heterocycles. The number of ether oxygens (including phenoxy) is 2. The molecule has 2 heterocycles. The smallest absolute Gasteiger partial charge is 0.415 e. The van der Waals surface area contributed by atoms with Gasteiger partial charge in [0.25, 0.3) is 5.91 Å². The summed E-state index contributed by atoms with van der Waals surface area (Å²) in [5, 5.41) is 5.90. The lowest BCUT2D eigenvalue weighted by molar-refractivity contribution is 0.0913. The van der Waals surface area contributed by atoms with Crippen molar-refractivity contribution < 1.29 is 19.1 Å². The normalized spacial score (nSPS) is 16.7. The monoisotopic (exact) mass is 400 g/mol. The molecule has 0 aliphatic carbocycles. The molecule has 1 unspecified atom stereocenters. The van der Waals surface area contributed by atoms with Crippen LogP contribution >= 0.6 is 34.5 Å².